The maximum Gasteiger partial charge on any atom is 0.0615 e. The molecule has 5 heteroatoms. The Kier molecular flexibility index (Phi) is 8.13. The van der Waals surface area contributed by atoms with Gasteiger partial charge >= 0.3 is 0 Å². The lowest BCUT2D eigenvalue weighted by atomic mass is 9.97. The third kappa shape index (κ3) is 5.49. The molecule has 1 saturated carbocycles. The molecule has 126 valence electrons. The minimum Gasteiger partial charge on any atom is -0.394 e. The van der Waals surface area contributed by atoms with Crippen LogP contribution in [0.25, 0.3) is 0 Å². The van der Waals surface area contributed by atoms with E-state index in [4.69, 9.17) is 9.47 Å². The number of nitrogens with one attached hydrogen (secondary N) is 1. The van der Waals surface area contributed by atoms with E-state index in [0.29, 0.717) is 18.1 Å². The van der Waals surface area contributed by atoms with E-state index in [-0.39, 0.29) is 12.1 Å². The Bertz CT molecular complexity index is 289. The maximum absolute atomic E-state index is 9.85. The van der Waals surface area contributed by atoms with Gasteiger partial charge in [0, 0.05) is 44.4 Å². The highest BCUT2D eigenvalue weighted by molar-refractivity contribution is 5.00. The Morgan fingerprint density at radius 3 is 2.52 bits per heavy atom. The molecule has 0 spiro atoms. The fraction of sp³-hybridized carbons (Fsp3) is 1.00. The van der Waals surface area contributed by atoms with Crippen molar-refractivity contribution in [3.8, 4) is 0 Å². The minimum atomic E-state index is -0.128. The molecule has 21 heavy (non-hydrogen) atoms. The first kappa shape index (κ1) is 18.8. The van der Waals surface area contributed by atoms with Crippen molar-refractivity contribution < 1.29 is 14.6 Å². The molecule has 0 saturated heterocycles. The predicted molar refractivity (Wildman–Crippen MR) is 85.6 cm³/mol. The molecule has 0 bridgehead atoms. The van der Waals surface area contributed by atoms with Crippen molar-refractivity contribution in [2.45, 2.75) is 63.7 Å². The third-order valence-corrected chi connectivity index (χ3v) is 4.48. The predicted octanol–water partition coefficient (Wildman–Crippen LogP) is 1.25. The van der Waals surface area contributed by atoms with Crippen LogP contribution in [0.1, 0.15) is 40.0 Å². The van der Waals surface area contributed by atoms with Crippen LogP contribution in [0.2, 0.25) is 0 Å². The summed E-state index contributed by atoms with van der Waals surface area (Å²) in [4.78, 5) is 2.48. The Balaban J connectivity index is 2.71. The monoisotopic (exact) mass is 302 g/mol. The van der Waals surface area contributed by atoms with Gasteiger partial charge in [-0.1, -0.05) is 13.8 Å². The SMILES string of the molecule is COCCN(C(C)COC)C1CCC(CO)(NC(C)C)C1. The first-order valence-corrected chi connectivity index (χ1v) is 8.10. The Morgan fingerprint density at radius 1 is 1.29 bits per heavy atom. The van der Waals surface area contributed by atoms with Gasteiger partial charge in [-0.3, -0.25) is 4.90 Å². The summed E-state index contributed by atoms with van der Waals surface area (Å²) in [5.41, 5.74) is -0.128. The van der Waals surface area contributed by atoms with Crippen molar-refractivity contribution in [2.75, 3.05) is 40.6 Å². The molecule has 0 aromatic heterocycles. The van der Waals surface area contributed by atoms with E-state index in [1.807, 2.05) is 0 Å². The zero-order valence-corrected chi connectivity index (χ0v) is 14.4. The number of rotatable bonds is 10. The topological polar surface area (TPSA) is 54.0 Å². The van der Waals surface area contributed by atoms with Crippen molar-refractivity contribution in [1.29, 1.82) is 0 Å². The molecule has 0 radical (unpaired) electrons. The molecule has 3 unspecified atom stereocenters. The van der Waals surface area contributed by atoms with Gasteiger partial charge in [-0.05, 0) is 26.2 Å². The van der Waals surface area contributed by atoms with Crippen LogP contribution in [-0.4, -0.2) is 74.3 Å². The van der Waals surface area contributed by atoms with Crippen molar-refractivity contribution in [2.24, 2.45) is 0 Å². The average Bonchev–Trinajstić information content (AvgIpc) is 2.83. The standard InChI is InChI=1S/C16H34N2O3/c1-13(2)17-16(12-19)7-6-15(10-16)18(8-9-20-4)14(3)11-21-5/h13-15,17,19H,6-12H2,1-5H3. The molecular weight excluding hydrogens is 268 g/mol. The summed E-state index contributed by atoms with van der Waals surface area (Å²) in [6.07, 6.45) is 3.12. The quantitative estimate of drug-likeness (QED) is 0.636. The zero-order valence-electron chi connectivity index (χ0n) is 14.4. The van der Waals surface area contributed by atoms with Gasteiger partial charge < -0.3 is 19.9 Å². The van der Waals surface area contributed by atoms with E-state index in [2.05, 4.69) is 31.0 Å². The highest BCUT2D eigenvalue weighted by Crippen LogP contribution is 2.34. The first-order chi connectivity index (χ1) is 9.98. The highest BCUT2D eigenvalue weighted by atomic mass is 16.5. The Hall–Kier alpha value is -0.200. The van der Waals surface area contributed by atoms with Crippen LogP contribution in [0, 0.1) is 0 Å². The van der Waals surface area contributed by atoms with Crippen LogP contribution in [0.5, 0.6) is 0 Å². The number of nitrogens with zero attached hydrogens (tertiary/aromatic N) is 1. The smallest absolute Gasteiger partial charge is 0.0615 e. The first-order valence-electron chi connectivity index (χ1n) is 8.10. The molecule has 0 heterocycles. The van der Waals surface area contributed by atoms with Crippen LogP contribution in [0.3, 0.4) is 0 Å². The molecule has 0 amide bonds. The molecule has 1 aliphatic carbocycles. The van der Waals surface area contributed by atoms with E-state index >= 15 is 0 Å². The van der Waals surface area contributed by atoms with Gasteiger partial charge in [0.05, 0.1) is 19.8 Å². The molecule has 2 N–H and O–H groups in total. The number of aliphatic hydroxyl groups is 1. The molecule has 5 nitrogen and oxygen atoms in total. The van der Waals surface area contributed by atoms with Gasteiger partial charge in [0.2, 0.25) is 0 Å². The second-order valence-corrected chi connectivity index (χ2v) is 6.67. The van der Waals surface area contributed by atoms with Crippen molar-refractivity contribution in [3.63, 3.8) is 0 Å². The number of hydrogen-bond donors (Lipinski definition) is 2. The zero-order chi connectivity index (χ0) is 15.9. The van der Waals surface area contributed by atoms with Gasteiger partial charge in [-0.2, -0.15) is 0 Å². The lowest BCUT2D eigenvalue weighted by molar-refractivity contribution is 0.0434. The second-order valence-electron chi connectivity index (χ2n) is 6.67. The van der Waals surface area contributed by atoms with Gasteiger partial charge in [0.15, 0.2) is 0 Å². The second kappa shape index (κ2) is 9.06. The van der Waals surface area contributed by atoms with Gasteiger partial charge in [-0.25, -0.2) is 0 Å². The maximum atomic E-state index is 9.85. The van der Waals surface area contributed by atoms with E-state index < -0.39 is 0 Å². The molecule has 0 aromatic carbocycles. The summed E-state index contributed by atoms with van der Waals surface area (Å²) in [6.45, 7) is 9.06. The van der Waals surface area contributed by atoms with E-state index in [0.717, 1.165) is 39.0 Å². The van der Waals surface area contributed by atoms with Crippen molar-refractivity contribution in [1.82, 2.24) is 10.2 Å². The summed E-state index contributed by atoms with van der Waals surface area (Å²) in [5.74, 6) is 0. The fourth-order valence-corrected chi connectivity index (χ4v) is 3.61. The normalized spacial score (nSPS) is 27.7. The van der Waals surface area contributed by atoms with Gasteiger partial charge in [-0.15, -0.1) is 0 Å². The fourth-order valence-electron chi connectivity index (χ4n) is 3.61. The van der Waals surface area contributed by atoms with Crippen LogP contribution >= 0.6 is 0 Å². The molecule has 3 atom stereocenters. The number of ether oxygens (including phenoxy) is 2. The number of hydrogen-bond acceptors (Lipinski definition) is 5. The summed E-state index contributed by atoms with van der Waals surface area (Å²) in [5, 5.41) is 13.4. The van der Waals surface area contributed by atoms with Crippen molar-refractivity contribution >= 4 is 0 Å². The molecular formula is C16H34N2O3. The van der Waals surface area contributed by atoms with Crippen LogP contribution in [-0.2, 0) is 9.47 Å². The lowest BCUT2D eigenvalue weighted by Gasteiger charge is -2.36. The Morgan fingerprint density at radius 2 is 2.00 bits per heavy atom. The van der Waals surface area contributed by atoms with Crippen LogP contribution in [0.15, 0.2) is 0 Å². The van der Waals surface area contributed by atoms with Gasteiger partial charge in [0.1, 0.15) is 0 Å². The van der Waals surface area contributed by atoms with Crippen LogP contribution < -0.4 is 5.32 Å². The molecule has 0 aliphatic heterocycles. The molecule has 1 rings (SSSR count). The summed E-state index contributed by atoms with van der Waals surface area (Å²) < 4.78 is 10.6. The largest absolute Gasteiger partial charge is 0.394 e. The summed E-state index contributed by atoms with van der Waals surface area (Å²) >= 11 is 0. The summed E-state index contributed by atoms with van der Waals surface area (Å²) in [6, 6.07) is 1.23. The molecule has 1 fully saturated rings. The van der Waals surface area contributed by atoms with E-state index in [1.54, 1.807) is 14.2 Å². The summed E-state index contributed by atoms with van der Waals surface area (Å²) in [7, 11) is 3.49. The highest BCUT2D eigenvalue weighted by Gasteiger charge is 2.41. The molecule has 1 aliphatic rings. The lowest BCUT2D eigenvalue weighted by Crippen LogP contribution is -2.52. The van der Waals surface area contributed by atoms with Crippen molar-refractivity contribution in [3.05, 3.63) is 0 Å². The molecule has 0 aromatic rings. The van der Waals surface area contributed by atoms with Crippen LogP contribution in [0.4, 0.5) is 0 Å². The van der Waals surface area contributed by atoms with E-state index in [9.17, 15) is 5.11 Å². The number of aliphatic hydroxyl groups excluding tert-OH is 1. The minimum absolute atomic E-state index is 0.128. The Labute approximate surface area is 130 Å². The van der Waals surface area contributed by atoms with E-state index in [1.165, 1.54) is 0 Å². The average molecular weight is 302 g/mol. The third-order valence-electron chi connectivity index (χ3n) is 4.48. The van der Waals surface area contributed by atoms with Gasteiger partial charge in [0.25, 0.3) is 0 Å². The number of methoxy groups -OCH3 is 2.